The predicted molar refractivity (Wildman–Crippen MR) is 58.6 cm³/mol. The quantitative estimate of drug-likeness (QED) is 0.686. The lowest BCUT2D eigenvalue weighted by Crippen LogP contribution is -2.24. The number of terminal acetylenes is 1. The zero-order chi connectivity index (χ0) is 10.5. The van der Waals surface area contributed by atoms with E-state index in [4.69, 9.17) is 15.9 Å². The summed E-state index contributed by atoms with van der Waals surface area (Å²) in [5.74, 6) is 3.39. The van der Waals surface area contributed by atoms with Crippen molar-refractivity contribution in [1.82, 2.24) is 0 Å². The molecule has 15 heavy (non-hydrogen) atoms. The molecule has 1 fully saturated rings. The number of hydrogen-bond acceptors (Lipinski definition) is 2. The topological polar surface area (TPSA) is 18.5 Å². The zero-order valence-corrected chi connectivity index (χ0v) is 8.61. The van der Waals surface area contributed by atoms with Crippen LogP contribution in [0.25, 0.3) is 0 Å². The molecule has 0 spiro atoms. The fourth-order valence-electron chi connectivity index (χ4n) is 1.59. The molecular weight excluding hydrogens is 188 g/mol. The van der Waals surface area contributed by atoms with Gasteiger partial charge in [0.05, 0.1) is 6.61 Å². The smallest absolute Gasteiger partial charge is 0.199 e. The van der Waals surface area contributed by atoms with Gasteiger partial charge < -0.3 is 9.47 Å². The van der Waals surface area contributed by atoms with Crippen LogP contribution < -0.4 is 4.74 Å². The number of hydrogen-bond donors (Lipinski definition) is 0. The molecule has 1 aromatic carbocycles. The average Bonchev–Trinajstić information content (AvgIpc) is 2.31. The molecule has 0 amide bonds. The van der Waals surface area contributed by atoms with Crippen LogP contribution in [-0.4, -0.2) is 12.9 Å². The highest BCUT2D eigenvalue weighted by Gasteiger charge is 2.14. The fourth-order valence-corrected chi connectivity index (χ4v) is 1.59. The molecule has 1 aromatic rings. The van der Waals surface area contributed by atoms with Crippen LogP contribution in [0.3, 0.4) is 0 Å². The van der Waals surface area contributed by atoms with Crippen LogP contribution in [0.15, 0.2) is 24.3 Å². The summed E-state index contributed by atoms with van der Waals surface area (Å²) in [6.07, 6.45) is 8.46. The summed E-state index contributed by atoms with van der Waals surface area (Å²) in [4.78, 5) is 0. The van der Waals surface area contributed by atoms with Crippen molar-refractivity contribution in [2.24, 2.45) is 0 Å². The monoisotopic (exact) mass is 202 g/mol. The summed E-state index contributed by atoms with van der Waals surface area (Å²) in [6, 6.07) is 7.51. The van der Waals surface area contributed by atoms with Gasteiger partial charge in [-0.1, -0.05) is 5.92 Å². The second-order valence-corrected chi connectivity index (χ2v) is 3.58. The van der Waals surface area contributed by atoms with E-state index in [1.807, 2.05) is 24.3 Å². The lowest BCUT2D eigenvalue weighted by atomic mass is 10.2. The Morgan fingerprint density at radius 3 is 2.67 bits per heavy atom. The van der Waals surface area contributed by atoms with Gasteiger partial charge >= 0.3 is 0 Å². The fraction of sp³-hybridized carbons (Fsp3) is 0.385. The first-order valence-electron chi connectivity index (χ1n) is 5.23. The molecule has 2 heteroatoms. The van der Waals surface area contributed by atoms with Crippen molar-refractivity contribution in [3.05, 3.63) is 29.8 Å². The first-order chi connectivity index (χ1) is 7.38. The summed E-state index contributed by atoms with van der Waals surface area (Å²) < 4.78 is 11.1. The molecule has 0 radical (unpaired) electrons. The Bertz CT molecular complexity index is 342. The maximum Gasteiger partial charge on any atom is 0.199 e. The van der Waals surface area contributed by atoms with E-state index in [0.717, 1.165) is 30.8 Å². The third kappa shape index (κ3) is 2.74. The Hall–Kier alpha value is -1.46. The molecule has 1 aliphatic rings. The molecule has 1 saturated heterocycles. The Kier molecular flexibility index (Phi) is 3.26. The van der Waals surface area contributed by atoms with Gasteiger partial charge in [-0.15, -0.1) is 6.42 Å². The first-order valence-corrected chi connectivity index (χ1v) is 5.23. The molecule has 0 aliphatic carbocycles. The van der Waals surface area contributed by atoms with Gasteiger partial charge in [-0.25, -0.2) is 0 Å². The predicted octanol–water partition coefficient (Wildman–Crippen LogP) is 2.57. The minimum absolute atomic E-state index is 0.0876. The Morgan fingerprint density at radius 2 is 2.07 bits per heavy atom. The number of benzene rings is 1. The van der Waals surface area contributed by atoms with Crippen LogP contribution in [0.5, 0.6) is 5.75 Å². The average molecular weight is 202 g/mol. The molecule has 0 N–H and O–H groups in total. The maximum atomic E-state index is 5.66. The van der Waals surface area contributed by atoms with E-state index >= 15 is 0 Å². The second kappa shape index (κ2) is 4.86. The van der Waals surface area contributed by atoms with Gasteiger partial charge in [0.2, 0.25) is 0 Å². The van der Waals surface area contributed by atoms with Crippen LogP contribution in [0, 0.1) is 12.3 Å². The summed E-state index contributed by atoms with van der Waals surface area (Å²) in [6.45, 7) is 0.799. The van der Waals surface area contributed by atoms with Gasteiger partial charge in [-0.05, 0) is 37.1 Å². The Labute approximate surface area is 90.2 Å². The molecule has 0 bridgehead atoms. The van der Waals surface area contributed by atoms with Crippen LogP contribution in [0.2, 0.25) is 0 Å². The van der Waals surface area contributed by atoms with Crippen LogP contribution in [0.1, 0.15) is 24.8 Å². The molecular formula is C13H14O2. The molecule has 2 rings (SSSR count). The normalized spacial score (nSPS) is 20.6. The molecule has 78 valence electrons. The van der Waals surface area contributed by atoms with Crippen molar-refractivity contribution in [2.45, 2.75) is 25.6 Å². The van der Waals surface area contributed by atoms with E-state index in [2.05, 4.69) is 5.92 Å². The molecule has 1 unspecified atom stereocenters. The Balaban J connectivity index is 1.95. The first kappa shape index (κ1) is 10.1. The SMILES string of the molecule is C#Cc1ccc(OC2CCCCO2)cc1. The van der Waals surface area contributed by atoms with E-state index in [1.165, 1.54) is 6.42 Å². The van der Waals surface area contributed by atoms with Gasteiger partial charge in [0.1, 0.15) is 5.75 Å². The highest BCUT2D eigenvalue weighted by Crippen LogP contribution is 2.19. The molecule has 1 aliphatic heterocycles. The molecule has 2 nitrogen and oxygen atoms in total. The van der Waals surface area contributed by atoms with E-state index in [0.29, 0.717) is 0 Å². The second-order valence-electron chi connectivity index (χ2n) is 3.58. The lowest BCUT2D eigenvalue weighted by Gasteiger charge is -2.23. The van der Waals surface area contributed by atoms with Crippen molar-refractivity contribution < 1.29 is 9.47 Å². The van der Waals surface area contributed by atoms with Crippen molar-refractivity contribution in [3.8, 4) is 18.1 Å². The van der Waals surface area contributed by atoms with Crippen molar-refractivity contribution in [1.29, 1.82) is 0 Å². The third-order valence-corrected chi connectivity index (χ3v) is 2.43. The standard InChI is InChI=1S/C13H14O2/c1-2-11-6-8-12(9-7-11)15-13-5-3-4-10-14-13/h1,6-9,13H,3-5,10H2. The van der Waals surface area contributed by atoms with Gasteiger partial charge in [0.15, 0.2) is 6.29 Å². The highest BCUT2D eigenvalue weighted by atomic mass is 16.7. The van der Waals surface area contributed by atoms with E-state index < -0.39 is 0 Å². The minimum Gasteiger partial charge on any atom is -0.465 e. The van der Waals surface area contributed by atoms with Crippen LogP contribution >= 0.6 is 0 Å². The maximum absolute atomic E-state index is 5.66. The zero-order valence-electron chi connectivity index (χ0n) is 8.61. The van der Waals surface area contributed by atoms with Gasteiger partial charge in [0, 0.05) is 12.0 Å². The largest absolute Gasteiger partial charge is 0.465 e. The molecule has 1 heterocycles. The van der Waals surface area contributed by atoms with E-state index in [9.17, 15) is 0 Å². The van der Waals surface area contributed by atoms with Crippen LogP contribution in [-0.2, 0) is 4.74 Å². The van der Waals surface area contributed by atoms with E-state index in [1.54, 1.807) is 0 Å². The van der Waals surface area contributed by atoms with Gasteiger partial charge in [0.25, 0.3) is 0 Å². The summed E-state index contributed by atoms with van der Waals surface area (Å²) in [7, 11) is 0. The van der Waals surface area contributed by atoms with Crippen molar-refractivity contribution >= 4 is 0 Å². The van der Waals surface area contributed by atoms with Crippen molar-refractivity contribution in [3.63, 3.8) is 0 Å². The Morgan fingerprint density at radius 1 is 1.27 bits per heavy atom. The van der Waals surface area contributed by atoms with Crippen molar-refractivity contribution in [2.75, 3.05) is 6.61 Å². The lowest BCUT2D eigenvalue weighted by molar-refractivity contribution is -0.105. The van der Waals surface area contributed by atoms with Crippen LogP contribution in [0.4, 0.5) is 0 Å². The summed E-state index contributed by atoms with van der Waals surface area (Å²) >= 11 is 0. The van der Waals surface area contributed by atoms with Gasteiger partial charge in [-0.2, -0.15) is 0 Å². The molecule has 0 saturated carbocycles. The molecule has 1 atom stereocenters. The number of rotatable bonds is 2. The third-order valence-electron chi connectivity index (χ3n) is 2.43. The van der Waals surface area contributed by atoms with E-state index in [-0.39, 0.29) is 6.29 Å². The summed E-state index contributed by atoms with van der Waals surface area (Å²) in [5, 5.41) is 0. The number of ether oxygens (including phenoxy) is 2. The summed E-state index contributed by atoms with van der Waals surface area (Å²) in [5.41, 5.74) is 0.868. The minimum atomic E-state index is -0.0876. The highest BCUT2D eigenvalue weighted by molar-refractivity contribution is 5.36. The van der Waals surface area contributed by atoms with Gasteiger partial charge in [-0.3, -0.25) is 0 Å². The molecule has 0 aromatic heterocycles.